The Balaban J connectivity index is 1.91. The smallest absolute Gasteiger partial charge is 0.0897 e. The van der Waals surface area contributed by atoms with Crippen LogP contribution in [0, 0.1) is 6.92 Å². The van der Waals surface area contributed by atoms with E-state index in [2.05, 4.69) is 36.1 Å². The van der Waals surface area contributed by atoms with E-state index in [9.17, 15) is 0 Å². The van der Waals surface area contributed by atoms with Crippen molar-refractivity contribution in [2.45, 2.75) is 45.3 Å². The summed E-state index contributed by atoms with van der Waals surface area (Å²) in [6.07, 6.45) is 4.55. The molecule has 2 atom stereocenters. The van der Waals surface area contributed by atoms with Gasteiger partial charge in [-0.15, -0.1) is 11.3 Å². The monoisotopic (exact) mass is 239 g/mol. The van der Waals surface area contributed by atoms with Crippen LogP contribution in [0.2, 0.25) is 0 Å². The number of piperidine rings is 1. The number of nitrogens with zero attached hydrogens (tertiary/aromatic N) is 2. The van der Waals surface area contributed by atoms with Gasteiger partial charge in [0.25, 0.3) is 0 Å². The predicted molar refractivity (Wildman–Crippen MR) is 68.8 cm³/mol. The summed E-state index contributed by atoms with van der Waals surface area (Å²) in [7, 11) is 2.07. The molecule has 1 aliphatic heterocycles. The Morgan fingerprint density at radius 1 is 1.62 bits per heavy atom. The van der Waals surface area contributed by atoms with Crippen LogP contribution in [0.5, 0.6) is 0 Å². The van der Waals surface area contributed by atoms with E-state index < -0.39 is 0 Å². The van der Waals surface area contributed by atoms with Crippen molar-refractivity contribution in [3.05, 3.63) is 16.1 Å². The highest BCUT2D eigenvalue weighted by atomic mass is 32.1. The largest absolute Gasteiger partial charge is 0.317 e. The van der Waals surface area contributed by atoms with Crippen LogP contribution >= 0.6 is 11.3 Å². The topological polar surface area (TPSA) is 28.2 Å². The lowest BCUT2D eigenvalue weighted by atomic mass is 9.98. The zero-order chi connectivity index (χ0) is 11.5. The molecular weight excluding hydrogens is 218 g/mol. The number of likely N-dealkylation sites (tertiary alicyclic amines) is 1. The Morgan fingerprint density at radius 2 is 2.44 bits per heavy atom. The minimum Gasteiger partial charge on any atom is -0.317 e. The summed E-state index contributed by atoms with van der Waals surface area (Å²) in [4.78, 5) is 8.28. The minimum atomic E-state index is 0.675. The van der Waals surface area contributed by atoms with Gasteiger partial charge >= 0.3 is 0 Å². The first kappa shape index (κ1) is 12.0. The van der Waals surface area contributed by atoms with Gasteiger partial charge in [-0.3, -0.25) is 4.90 Å². The third-order valence-corrected chi connectivity index (χ3v) is 4.35. The zero-order valence-electron chi connectivity index (χ0n) is 10.4. The number of aryl methyl sites for hydroxylation is 1. The fourth-order valence-electron chi connectivity index (χ4n) is 2.40. The van der Waals surface area contributed by atoms with Crippen molar-refractivity contribution >= 4 is 11.3 Å². The molecule has 0 amide bonds. The quantitative estimate of drug-likeness (QED) is 0.875. The molecule has 1 aliphatic rings. The van der Waals surface area contributed by atoms with Gasteiger partial charge in [0.2, 0.25) is 0 Å². The van der Waals surface area contributed by atoms with Crippen molar-refractivity contribution in [2.75, 3.05) is 13.6 Å². The average molecular weight is 239 g/mol. The molecule has 1 aromatic rings. The fourth-order valence-corrected chi connectivity index (χ4v) is 3.22. The Bertz CT molecular complexity index is 337. The molecule has 3 nitrogen and oxygen atoms in total. The van der Waals surface area contributed by atoms with Crippen LogP contribution in [0.4, 0.5) is 0 Å². The number of aromatic nitrogens is 1. The molecule has 0 radical (unpaired) electrons. The van der Waals surface area contributed by atoms with Crippen LogP contribution < -0.4 is 5.32 Å². The Labute approximate surface area is 102 Å². The van der Waals surface area contributed by atoms with Gasteiger partial charge in [-0.05, 0) is 33.7 Å². The fraction of sp³-hybridized carbons (Fsp3) is 0.750. The standard InChI is InChI=1S/C12H21N3S/c1-9-6-11(13-3)4-5-15(9)8-12-7-14-10(2)16-12/h7,9,11,13H,4-6,8H2,1-3H3. The Hall–Kier alpha value is -0.450. The van der Waals surface area contributed by atoms with E-state index >= 15 is 0 Å². The lowest BCUT2D eigenvalue weighted by molar-refractivity contribution is 0.132. The van der Waals surface area contributed by atoms with E-state index in [0.29, 0.717) is 12.1 Å². The summed E-state index contributed by atoms with van der Waals surface area (Å²) in [6, 6.07) is 1.38. The van der Waals surface area contributed by atoms with E-state index in [0.717, 1.165) is 6.54 Å². The number of nitrogens with one attached hydrogen (secondary N) is 1. The first-order valence-corrected chi connectivity index (χ1v) is 6.83. The van der Waals surface area contributed by atoms with Gasteiger partial charge in [0.15, 0.2) is 0 Å². The number of thiazole rings is 1. The molecule has 1 aromatic heterocycles. The molecule has 0 spiro atoms. The van der Waals surface area contributed by atoms with E-state index in [1.165, 1.54) is 29.3 Å². The van der Waals surface area contributed by atoms with E-state index in [4.69, 9.17) is 0 Å². The number of rotatable bonds is 3. The van der Waals surface area contributed by atoms with Crippen molar-refractivity contribution in [3.8, 4) is 0 Å². The highest BCUT2D eigenvalue weighted by Crippen LogP contribution is 2.21. The summed E-state index contributed by atoms with van der Waals surface area (Å²) in [5, 5.41) is 4.56. The van der Waals surface area contributed by atoms with E-state index in [1.807, 2.05) is 17.5 Å². The van der Waals surface area contributed by atoms with Gasteiger partial charge in [0.1, 0.15) is 0 Å². The van der Waals surface area contributed by atoms with Crippen LogP contribution in [-0.4, -0.2) is 35.6 Å². The predicted octanol–water partition coefficient (Wildman–Crippen LogP) is 2.02. The number of hydrogen-bond donors (Lipinski definition) is 1. The molecule has 1 saturated heterocycles. The Kier molecular flexibility index (Phi) is 3.95. The molecule has 90 valence electrons. The second kappa shape index (κ2) is 5.25. The van der Waals surface area contributed by atoms with Crippen molar-refractivity contribution in [1.82, 2.24) is 15.2 Å². The highest BCUT2D eigenvalue weighted by molar-refractivity contribution is 7.11. The summed E-state index contributed by atoms with van der Waals surface area (Å²) in [5.74, 6) is 0. The normalized spacial score (nSPS) is 27.2. The molecule has 2 heterocycles. The lowest BCUT2D eigenvalue weighted by Crippen LogP contribution is -2.45. The maximum atomic E-state index is 4.32. The van der Waals surface area contributed by atoms with Crippen molar-refractivity contribution in [3.63, 3.8) is 0 Å². The Morgan fingerprint density at radius 3 is 3.00 bits per heavy atom. The second-order valence-electron chi connectivity index (χ2n) is 4.68. The van der Waals surface area contributed by atoms with Gasteiger partial charge < -0.3 is 5.32 Å². The van der Waals surface area contributed by atoms with E-state index in [1.54, 1.807) is 0 Å². The highest BCUT2D eigenvalue weighted by Gasteiger charge is 2.24. The van der Waals surface area contributed by atoms with Crippen LogP contribution in [0.1, 0.15) is 29.7 Å². The molecule has 1 fully saturated rings. The zero-order valence-corrected chi connectivity index (χ0v) is 11.2. The summed E-state index contributed by atoms with van der Waals surface area (Å²) in [5.41, 5.74) is 0. The van der Waals surface area contributed by atoms with Gasteiger partial charge in [0, 0.05) is 36.2 Å². The van der Waals surface area contributed by atoms with Crippen LogP contribution in [0.15, 0.2) is 6.20 Å². The minimum absolute atomic E-state index is 0.675. The van der Waals surface area contributed by atoms with Crippen molar-refractivity contribution in [2.24, 2.45) is 0 Å². The molecule has 0 saturated carbocycles. The molecule has 1 N–H and O–H groups in total. The molecular formula is C12H21N3S. The third kappa shape index (κ3) is 2.81. The second-order valence-corrected chi connectivity index (χ2v) is 5.99. The molecule has 2 rings (SSSR count). The van der Waals surface area contributed by atoms with E-state index in [-0.39, 0.29) is 0 Å². The van der Waals surface area contributed by atoms with Gasteiger partial charge in [-0.2, -0.15) is 0 Å². The third-order valence-electron chi connectivity index (χ3n) is 3.45. The summed E-state index contributed by atoms with van der Waals surface area (Å²) >= 11 is 1.82. The first-order valence-electron chi connectivity index (χ1n) is 6.01. The molecule has 0 bridgehead atoms. The van der Waals surface area contributed by atoms with Crippen molar-refractivity contribution in [1.29, 1.82) is 0 Å². The van der Waals surface area contributed by atoms with Crippen LogP contribution in [0.25, 0.3) is 0 Å². The molecule has 0 aromatic carbocycles. The average Bonchev–Trinajstić information content (AvgIpc) is 2.67. The van der Waals surface area contributed by atoms with Crippen molar-refractivity contribution < 1.29 is 0 Å². The molecule has 16 heavy (non-hydrogen) atoms. The van der Waals surface area contributed by atoms with Gasteiger partial charge in [0.05, 0.1) is 5.01 Å². The van der Waals surface area contributed by atoms with Gasteiger partial charge in [-0.1, -0.05) is 0 Å². The maximum Gasteiger partial charge on any atom is 0.0897 e. The maximum absolute atomic E-state index is 4.32. The molecule has 2 unspecified atom stereocenters. The molecule has 0 aliphatic carbocycles. The number of hydrogen-bond acceptors (Lipinski definition) is 4. The molecule has 4 heteroatoms. The van der Waals surface area contributed by atoms with Gasteiger partial charge in [-0.25, -0.2) is 4.98 Å². The summed E-state index contributed by atoms with van der Waals surface area (Å²) < 4.78 is 0. The first-order chi connectivity index (χ1) is 7.69. The summed E-state index contributed by atoms with van der Waals surface area (Å²) in [6.45, 7) is 6.68. The van der Waals surface area contributed by atoms with Crippen LogP contribution in [0.3, 0.4) is 0 Å². The van der Waals surface area contributed by atoms with Crippen LogP contribution in [-0.2, 0) is 6.54 Å². The SMILES string of the molecule is CNC1CCN(Cc2cnc(C)s2)C(C)C1. The lowest BCUT2D eigenvalue weighted by Gasteiger charge is -2.37.